The van der Waals surface area contributed by atoms with Crippen LogP contribution < -0.4 is 14.8 Å². The first kappa shape index (κ1) is 16.6. The highest BCUT2D eigenvalue weighted by Crippen LogP contribution is 2.28. The fourth-order valence-electron chi connectivity index (χ4n) is 1.99. The maximum absolute atomic E-state index is 12.4. The van der Waals surface area contributed by atoms with Gasteiger partial charge in [-0.05, 0) is 36.4 Å². The van der Waals surface area contributed by atoms with Gasteiger partial charge in [0, 0.05) is 5.02 Å². The highest BCUT2D eigenvalue weighted by molar-refractivity contribution is 6.31. The number of methoxy groups -OCH3 is 2. The van der Waals surface area contributed by atoms with Gasteiger partial charge < -0.3 is 19.9 Å². The largest absolute Gasteiger partial charge is 0.496 e. The molecule has 2 rings (SSSR count). The van der Waals surface area contributed by atoms with Gasteiger partial charge in [-0.1, -0.05) is 11.6 Å². The zero-order valence-electron chi connectivity index (χ0n) is 12.4. The van der Waals surface area contributed by atoms with E-state index in [1.165, 1.54) is 38.5 Å². The Morgan fingerprint density at radius 1 is 1.04 bits per heavy atom. The Morgan fingerprint density at radius 2 is 1.70 bits per heavy atom. The lowest BCUT2D eigenvalue weighted by atomic mass is 10.1. The molecule has 1 amide bonds. The van der Waals surface area contributed by atoms with E-state index in [9.17, 15) is 9.59 Å². The minimum atomic E-state index is -1.11. The molecule has 0 saturated carbocycles. The summed E-state index contributed by atoms with van der Waals surface area (Å²) in [5, 5.41) is 12.0. The third-order valence-electron chi connectivity index (χ3n) is 3.10. The van der Waals surface area contributed by atoms with Gasteiger partial charge in [0.2, 0.25) is 0 Å². The SMILES string of the molecule is COc1ccc(C(=O)O)cc1NC(=O)c1cc(Cl)ccc1OC. The minimum absolute atomic E-state index is 0.0270. The molecule has 23 heavy (non-hydrogen) atoms. The second-order valence-corrected chi connectivity index (χ2v) is 4.96. The maximum Gasteiger partial charge on any atom is 0.335 e. The first-order chi connectivity index (χ1) is 11.0. The third kappa shape index (κ3) is 3.73. The number of halogens is 1. The molecule has 0 bridgehead atoms. The van der Waals surface area contributed by atoms with E-state index >= 15 is 0 Å². The number of carboxylic acids is 1. The summed E-state index contributed by atoms with van der Waals surface area (Å²) < 4.78 is 10.3. The number of carbonyl (C=O) groups is 2. The van der Waals surface area contributed by atoms with Crippen molar-refractivity contribution in [3.05, 3.63) is 52.5 Å². The number of carboxylic acid groups (broad SMARTS) is 1. The van der Waals surface area contributed by atoms with Crippen LogP contribution in [0.2, 0.25) is 5.02 Å². The Labute approximate surface area is 137 Å². The van der Waals surface area contributed by atoms with Gasteiger partial charge in [-0.25, -0.2) is 4.79 Å². The van der Waals surface area contributed by atoms with Crippen molar-refractivity contribution in [3.8, 4) is 11.5 Å². The Hall–Kier alpha value is -2.73. The predicted octanol–water partition coefficient (Wildman–Crippen LogP) is 3.31. The smallest absolute Gasteiger partial charge is 0.335 e. The quantitative estimate of drug-likeness (QED) is 0.875. The minimum Gasteiger partial charge on any atom is -0.496 e. The second-order valence-electron chi connectivity index (χ2n) is 4.52. The Bertz CT molecular complexity index is 760. The number of rotatable bonds is 5. The van der Waals surface area contributed by atoms with Crippen LogP contribution >= 0.6 is 11.6 Å². The van der Waals surface area contributed by atoms with Crippen molar-refractivity contribution in [1.29, 1.82) is 0 Å². The van der Waals surface area contributed by atoms with E-state index in [1.807, 2.05) is 0 Å². The van der Waals surface area contributed by atoms with Gasteiger partial charge in [0.05, 0.1) is 31.0 Å². The molecule has 2 N–H and O–H groups in total. The number of benzene rings is 2. The molecule has 120 valence electrons. The number of amides is 1. The molecule has 2 aromatic carbocycles. The lowest BCUT2D eigenvalue weighted by Crippen LogP contribution is -2.14. The van der Waals surface area contributed by atoms with Gasteiger partial charge in [0.1, 0.15) is 11.5 Å². The highest BCUT2D eigenvalue weighted by Gasteiger charge is 2.16. The summed E-state index contributed by atoms with van der Waals surface area (Å²) >= 11 is 5.91. The van der Waals surface area contributed by atoms with E-state index in [1.54, 1.807) is 12.1 Å². The topological polar surface area (TPSA) is 84.9 Å². The van der Waals surface area contributed by atoms with E-state index in [-0.39, 0.29) is 16.8 Å². The second kappa shape index (κ2) is 7.02. The standard InChI is InChI=1S/C16H14ClNO5/c1-22-13-6-4-10(17)8-11(13)15(19)18-12-7-9(16(20)21)3-5-14(12)23-2/h3-8H,1-2H3,(H,18,19)(H,20,21). The Morgan fingerprint density at radius 3 is 2.30 bits per heavy atom. The fraction of sp³-hybridized carbons (Fsp3) is 0.125. The summed E-state index contributed by atoms with van der Waals surface area (Å²) in [5.41, 5.74) is 0.487. The van der Waals surface area contributed by atoms with Crippen LogP contribution in [0.15, 0.2) is 36.4 Å². The molecule has 6 nitrogen and oxygen atoms in total. The number of ether oxygens (including phenoxy) is 2. The molecule has 0 fully saturated rings. The highest BCUT2D eigenvalue weighted by atomic mass is 35.5. The molecular formula is C16H14ClNO5. The summed E-state index contributed by atoms with van der Waals surface area (Å²) in [7, 11) is 2.86. The van der Waals surface area contributed by atoms with Crippen molar-refractivity contribution in [2.75, 3.05) is 19.5 Å². The van der Waals surface area contributed by atoms with Crippen molar-refractivity contribution in [1.82, 2.24) is 0 Å². The number of aromatic carboxylic acids is 1. The van der Waals surface area contributed by atoms with Crippen molar-refractivity contribution < 1.29 is 24.2 Å². The van der Waals surface area contributed by atoms with E-state index in [2.05, 4.69) is 5.32 Å². The van der Waals surface area contributed by atoms with Gasteiger partial charge in [-0.15, -0.1) is 0 Å². The molecule has 0 aliphatic heterocycles. The van der Waals surface area contributed by atoms with Crippen LogP contribution in [0.25, 0.3) is 0 Å². The number of carbonyl (C=O) groups excluding carboxylic acids is 1. The third-order valence-corrected chi connectivity index (χ3v) is 3.34. The van der Waals surface area contributed by atoms with Gasteiger partial charge in [-0.2, -0.15) is 0 Å². The Kier molecular flexibility index (Phi) is 5.08. The maximum atomic E-state index is 12.4. The van der Waals surface area contributed by atoms with E-state index in [0.29, 0.717) is 16.5 Å². The average Bonchev–Trinajstić information content (AvgIpc) is 2.54. The van der Waals surface area contributed by atoms with E-state index in [4.69, 9.17) is 26.2 Å². The van der Waals surface area contributed by atoms with Crippen LogP contribution in [-0.4, -0.2) is 31.2 Å². The van der Waals surface area contributed by atoms with Crippen molar-refractivity contribution in [2.45, 2.75) is 0 Å². The molecule has 0 saturated heterocycles. The molecule has 0 spiro atoms. The summed E-state index contributed by atoms with van der Waals surface area (Å²) in [6.07, 6.45) is 0. The number of hydrogen-bond acceptors (Lipinski definition) is 4. The molecular weight excluding hydrogens is 322 g/mol. The van der Waals surface area contributed by atoms with Gasteiger partial charge in [-0.3, -0.25) is 4.79 Å². The first-order valence-electron chi connectivity index (χ1n) is 6.52. The number of nitrogens with one attached hydrogen (secondary N) is 1. The van der Waals surface area contributed by atoms with E-state index in [0.717, 1.165) is 0 Å². The summed E-state index contributed by atoms with van der Waals surface area (Å²) in [6.45, 7) is 0. The molecule has 0 aliphatic carbocycles. The summed E-state index contributed by atoms with van der Waals surface area (Å²) in [5.74, 6) is -0.918. The van der Waals surface area contributed by atoms with Gasteiger partial charge in [0.25, 0.3) is 5.91 Å². The predicted molar refractivity (Wildman–Crippen MR) is 85.9 cm³/mol. The van der Waals surface area contributed by atoms with Crippen molar-refractivity contribution in [3.63, 3.8) is 0 Å². The van der Waals surface area contributed by atoms with Crippen LogP contribution in [0.4, 0.5) is 5.69 Å². The lowest BCUT2D eigenvalue weighted by Gasteiger charge is -2.13. The van der Waals surface area contributed by atoms with Crippen LogP contribution in [0.3, 0.4) is 0 Å². The zero-order valence-corrected chi connectivity index (χ0v) is 13.2. The van der Waals surface area contributed by atoms with Gasteiger partial charge >= 0.3 is 5.97 Å². The summed E-state index contributed by atoms with van der Waals surface area (Å²) in [6, 6.07) is 8.80. The average molecular weight is 336 g/mol. The molecule has 2 aromatic rings. The molecule has 0 radical (unpaired) electrons. The van der Waals surface area contributed by atoms with Gasteiger partial charge in [0.15, 0.2) is 0 Å². The fourth-order valence-corrected chi connectivity index (χ4v) is 2.16. The van der Waals surface area contributed by atoms with Crippen molar-refractivity contribution in [2.24, 2.45) is 0 Å². The Balaban J connectivity index is 2.38. The molecule has 0 aromatic heterocycles. The van der Waals surface area contributed by atoms with Crippen LogP contribution in [0.5, 0.6) is 11.5 Å². The number of hydrogen-bond donors (Lipinski definition) is 2. The summed E-state index contributed by atoms with van der Waals surface area (Å²) in [4.78, 5) is 23.5. The molecule has 0 aliphatic rings. The molecule has 0 atom stereocenters. The lowest BCUT2D eigenvalue weighted by molar-refractivity contribution is 0.0696. The molecule has 7 heteroatoms. The monoisotopic (exact) mass is 335 g/mol. The van der Waals surface area contributed by atoms with Crippen LogP contribution in [-0.2, 0) is 0 Å². The molecule has 0 unspecified atom stereocenters. The normalized spacial score (nSPS) is 10.0. The number of anilines is 1. The van der Waals surface area contributed by atoms with Crippen LogP contribution in [0, 0.1) is 0 Å². The van der Waals surface area contributed by atoms with Crippen molar-refractivity contribution >= 4 is 29.2 Å². The molecule has 0 heterocycles. The van der Waals surface area contributed by atoms with E-state index < -0.39 is 11.9 Å². The van der Waals surface area contributed by atoms with Crippen LogP contribution in [0.1, 0.15) is 20.7 Å². The zero-order chi connectivity index (χ0) is 17.0. The first-order valence-corrected chi connectivity index (χ1v) is 6.90.